The van der Waals surface area contributed by atoms with E-state index in [1.807, 2.05) is 13.2 Å². The van der Waals surface area contributed by atoms with Crippen LogP contribution < -0.4 is 0 Å². The Bertz CT molecular complexity index is 353. The fourth-order valence-electron chi connectivity index (χ4n) is 1.28. The van der Waals surface area contributed by atoms with E-state index in [9.17, 15) is 4.79 Å². The van der Waals surface area contributed by atoms with Crippen LogP contribution in [-0.2, 0) is 18.3 Å². The highest BCUT2D eigenvalue weighted by Gasteiger charge is 2.03. The van der Waals surface area contributed by atoms with Crippen LogP contribution in [0.3, 0.4) is 0 Å². The minimum Gasteiger partial charge on any atom is -0.478 e. The average molecular weight is 194 g/mol. The van der Waals surface area contributed by atoms with Crippen LogP contribution in [0.5, 0.6) is 0 Å². The van der Waals surface area contributed by atoms with Crippen molar-refractivity contribution >= 4 is 12.0 Å². The van der Waals surface area contributed by atoms with E-state index in [-0.39, 0.29) is 0 Å². The molecule has 76 valence electrons. The Hall–Kier alpha value is -1.58. The normalized spacial score (nSPS) is 11.0. The summed E-state index contributed by atoms with van der Waals surface area (Å²) in [7, 11) is 1.83. The van der Waals surface area contributed by atoms with Gasteiger partial charge in [0.2, 0.25) is 0 Å². The largest absolute Gasteiger partial charge is 0.478 e. The molecule has 0 unspecified atom stereocenters. The molecule has 0 aliphatic carbocycles. The number of aryl methyl sites for hydroxylation is 2. The molecule has 1 N–H and O–H groups in total. The summed E-state index contributed by atoms with van der Waals surface area (Å²) in [6.07, 6.45) is 6.42. The molecular weight excluding hydrogens is 180 g/mol. The Labute approximate surface area is 82.9 Å². The summed E-state index contributed by atoms with van der Waals surface area (Å²) in [5.74, 6) is -0.934. The molecule has 1 aromatic heterocycles. The number of hydrogen-bond acceptors (Lipinski definition) is 2. The zero-order chi connectivity index (χ0) is 10.6. The van der Waals surface area contributed by atoms with E-state index in [1.54, 1.807) is 10.8 Å². The van der Waals surface area contributed by atoms with Crippen molar-refractivity contribution in [2.24, 2.45) is 7.05 Å². The van der Waals surface area contributed by atoms with Gasteiger partial charge < -0.3 is 5.11 Å². The minimum atomic E-state index is -0.934. The fourth-order valence-corrected chi connectivity index (χ4v) is 1.28. The van der Waals surface area contributed by atoms with Crippen molar-refractivity contribution in [1.29, 1.82) is 0 Å². The molecule has 4 heteroatoms. The third kappa shape index (κ3) is 2.73. The van der Waals surface area contributed by atoms with Crippen LogP contribution in [-0.4, -0.2) is 20.9 Å². The van der Waals surface area contributed by atoms with Crippen LogP contribution in [0.1, 0.15) is 24.6 Å². The van der Waals surface area contributed by atoms with Crippen molar-refractivity contribution in [1.82, 2.24) is 9.78 Å². The highest BCUT2D eigenvalue weighted by molar-refractivity contribution is 5.85. The first-order valence-electron chi connectivity index (χ1n) is 4.57. The summed E-state index contributed by atoms with van der Waals surface area (Å²) in [6.45, 7) is 2.07. The molecule has 1 aromatic rings. The second-order valence-electron chi connectivity index (χ2n) is 3.13. The summed E-state index contributed by atoms with van der Waals surface area (Å²) in [5, 5.41) is 12.7. The number of rotatable bonds is 4. The SMILES string of the molecule is CCCc1nn(C)cc1C=CC(=O)O. The van der Waals surface area contributed by atoms with Gasteiger partial charge in [0.15, 0.2) is 0 Å². The Morgan fingerprint density at radius 1 is 1.71 bits per heavy atom. The lowest BCUT2D eigenvalue weighted by Gasteiger charge is -1.92. The summed E-state index contributed by atoms with van der Waals surface area (Å²) in [6, 6.07) is 0. The van der Waals surface area contributed by atoms with Crippen LogP contribution in [0.15, 0.2) is 12.3 Å². The Balaban J connectivity index is 2.89. The van der Waals surface area contributed by atoms with Crippen molar-refractivity contribution in [2.75, 3.05) is 0 Å². The van der Waals surface area contributed by atoms with Crippen LogP contribution in [0, 0.1) is 0 Å². The number of carboxylic acid groups (broad SMARTS) is 1. The van der Waals surface area contributed by atoms with E-state index < -0.39 is 5.97 Å². The molecular formula is C10H14N2O2. The monoisotopic (exact) mass is 194 g/mol. The lowest BCUT2D eigenvalue weighted by Crippen LogP contribution is -1.91. The Morgan fingerprint density at radius 2 is 2.43 bits per heavy atom. The lowest BCUT2D eigenvalue weighted by molar-refractivity contribution is -0.131. The first kappa shape index (κ1) is 10.5. The number of nitrogens with zero attached hydrogens (tertiary/aromatic N) is 2. The van der Waals surface area contributed by atoms with Crippen molar-refractivity contribution in [3.8, 4) is 0 Å². The van der Waals surface area contributed by atoms with E-state index >= 15 is 0 Å². The standard InChI is InChI=1S/C10H14N2O2/c1-3-4-9-8(5-6-10(13)14)7-12(2)11-9/h5-7H,3-4H2,1-2H3,(H,13,14). The van der Waals surface area contributed by atoms with Gasteiger partial charge in [-0.3, -0.25) is 4.68 Å². The molecule has 0 aliphatic rings. The Kier molecular flexibility index (Phi) is 3.45. The lowest BCUT2D eigenvalue weighted by atomic mass is 10.1. The highest BCUT2D eigenvalue weighted by atomic mass is 16.4. The summed E-state index contributed by atoms with van der Waals surface area (Å²) in [5.41, 5.74) is 1.84. The van der Waals surface area contributed by atoms with E-state index in [1.165, 1.54) is 0 Å². The second kappa shape index (κ2) is 4.60. The fraction of sp³-hybridized carbons (Fsp3) is 0.400. The zero-order valence-electron chi connectivity index (χ0n) is 8.40. The smallest absolute Gasteiger partial charge is 0.328 e. The molecule has 1 heterocycles. The molecule has 0 saturated carbocycles. The van der Waals surface area contributed by atoms with Crippen LogP contribution in [0.2, 0.25) is 0 Å². The molecule has 4 nitrogen and oxygen atoms in total. The zero-order valence-corrected chi connectivity index (χ0v) is 8.40. The third-order valence-corrected chi connectivity index (χ3v) is 1.83. The molecule has 0 aromatic carbocycles. The summed E-state index contributed by atoms with van der Waals surface area (Å²) in [4.78, 5) is 10.3. The molecule has 0 bridgehead atoms. The quantitative estimate of drug-likeness (QED) is 0.738. The minimum absolute atomic E-state index is 0.875. The van der Waals surface area contributed by atoms with E-state index in [0.29, 0.717) is 0 Å². The number of hydrogen-bond donors (Lipinski definition) is 1. The van der Waals surface area contributed by atoms with Gasteiger partial charge >= 0.3 is 5.97 Å². The predicted octanol–water partition coefficient (Wildman–Crippen LogP) is 1.47. The summed E-state index contributed by atoms with van der Waals surface area (Å²) < 4.78 is 1.70. The van der Waals surface area contributed by atoms with Gasteiger partial charge in [-0.15, -0.1) is 0 Å². The first-order valence-corrected chi connectivity index (χ1v) is 4.57. The number of aromatic nitrogens is 2. The molecule has 0 aliphatic heterocycles. The van der Waals surface area contributed by atoms with Crippen molar-refractivity contribution in [2.45, 2.75) is 19.8 Å². The van der Waals surface area contributed by atoms with Gasteiger partial charge in [-0.05, 0) is 12.5 Å². The van der Waals surface area contributed by atoms with Gasteiger partial charge in [-0.25, -0.2) is 4.79 Å². The molecule has 0 atom stereocenters. The van der Waals surface area contributed by atoms with Gasteiger partial charge in [-0.1, -0.05) is 13.3 Å². The van der Waals surface area contributed by atoms with Crippen molar-refractivity contribution < 1.29 is 9.90 Å². The van der Waals surface area contributed by atoms with Crippen LogP contribution >= 0.6 is 0 Å². The van der Waals surface area contributed by atoms with Crippen molar-refractivity contribution in [3.63, 3.8) is 0 Å². The summed E-state index contributed by atoms with van der Waals surface area (Å²) >= 11 is 0. The van der Waals surface area contributed by atoms with Gasteiger partial charge in [0.05, 0.1) is 5.69 Å². The van der Waals surface area contributed by atoms with Gasteiger partial charge in [0, 0.05) is 24.9 Å². The van der Waals surface area contributed by atoms with E-state index in [4.69, 9.17) is 5.11 Å². The number of carboxylic acids is 1. The Morgan fingerprint density at radius 3 is 3.00 bits per heavy atom. The number of aliphatic carboxylic acids is 1. The average Bonchev–Trinajstić information content (AvgIpc) is 2.44. The maximum Gasteiger partial charge on any atom is 0.328 e. The van der Waals surface area contributed by atoms with Gasteiger partial charge in [0.25, 0.3) is 0 Å². The van der Waals surface area contributed by atoms with Gasteiger partial charge in [-0.2, -0.15) is 5.10 Å². The van der Waals surface area contributed by atoms with E-state index in [0.717, 1.165) is 30.2 Å². The maximum absolute atomic E-state index is 10.3. The molecule has 0 spiro atoms. The van der Waals surface area contributed by atoms with Crippen LogP contribution in [0.4, 0.5) is 0 Å². The first-order chi connectivity index (χ1) is 6.63. The molecule has 0 fully saturated rings. The predicted molar refractivity (Wildman–Crippen MR) is 53.9 cm³/mol. The van der Waals surface area contributed by atoms with Gasteiger partial charge in [0.1, 0.15) is 0 Å². The number of carbonyl (C=O) groups is 1. The highest BCUT2D eigenvalue weighted by Crippen LogP contribution is 2.10. The van der Waals surface area contributed by atoms with Crippen LogP contribution in [0.25, 0.3) is 6.08 Å². The molecule has 0 amide bonds. The molecule has 0 saturated heterocycles. The van der Waals surface area contributed by atoms with E-state index in [2.05, 4.69) is 12.0 Å². The molecule has 14 heavy (non-hydrogen) atoms. The maximum atomic E-state index is 10.3. The third-order valence-electron chi connectivity index (χ3n) is 1.83. The topological polar surface area (TPSA) is 55.1 Å². The van der Waals surface area contributed by atoms with Crippen molar-refractivity contribution in [3.05, 3.63) is 23.5 Å². The molecule has 0 radical (unpaired) electrons. The molecule has 1 rings (SSSR count). The second-order valence-corrected chi connectivity index (χ2v) is 3.13.